The number of amides is 4. The van der Waals surface area contributed by atoms with Crippen LogP contribution in [0, 0.1) is 5.92 Å². The molecule has 1 saturated heterocycles. The van der Waals surface area contributed by atoms with Crippen LogP contribution in [0.25, 0.3) is 0 Å². The van der Waals surface area contributed by atoms with Crippen molar-refractivity contribution in [1.29, 1.82) is 0 Å². The van der Waals surface area contributed by atoms with Crippen molar-refractivity contribution in [3.05, 3.63) is 29.8 Å². The molecule has 44 heavy (non-hydrogen) atoms. The highest BCUT2D eigenvalue weighted by molar-refractivity contribution is 5.98. The number of aromatic hydroxyl groups is 1. The number of nitrogens with one attached hydrogen (secondary N) is 4. The number of unbranched alkanes of at least 4 members (excludes halogenated alkanes) is 2. The van der Waals surface area contributed by atoms with Crippen LogP contribution in [-0.2, 0) is 35.2 Å². The molecule has 10 N–H and O–H groups in total. The standard InChI is InChI=1S/C29H43N7O8/c1-2-3-4-6-21-28(44)36-20(7-5-12-32-29(30)31)27(43)33-16-24(39)34-22(15-25(40)41)23(38)14-18(26(42)35-21)13-17-8-10-19(37)11-9-17/h8-11,18,20-22,37H,2-7,12-16H2,1H3,(H,33,43)(H,34,39)(H,35,42)(H,36,44)(H,40,41)(H4,30,31,32)/t18-,20-,21?,22-/m0/s1. The number of aliphatic imine (C=N–C) groups is 1. The summed E-state index contributed by atoms with van der Waals surface area (Å²) in [5.41, 5.74) is 11.3. The third kappa shape index (κ3) is 12.7. The van der Waals surface area contributed by atoms with E-state index in [9.17, 15) is 39.0 Å². The number of ketones is 1. The van der Waals surface area contributed by atoms with Crippen LogP contribution in [0.1, 0.15) is 63.9 Å². The van der Waals surface area contributed by atoms with Gasteiger partial charge in [-0.25, -0.2) is 0 Å². The maximum atomic E-state index is 13.7. The highest BCUT2D eigenvalue weighted by Gasteiger charge is 2.33. The molecule has 1 aliphatic rings. The number of guanidine groups is 1. The molecule has 0 aliphatic carbocycles. The van der Waals surface area contributed by atoms with E-state index in [1.807, 2.05) is 6.92 Å². The topological polar surface area (TPSA) is 255 Å². The van der Waals surface area contributed by atoms with Gasteiger partial charge in [0.2, 0.25) is 23.6 Å². The van der Waals surface area contributed by atoms with E-state index in [4.69, 9.17) is 11.5 Å². The fourth-order valence-electron chi connectivity index (χ4n) is 4.72. The van der Waals surface area contributed by atoms with Crippen molar-refractivity contribution in [2.45, 2.75) is 82.8 Å². The summed E-state index contributed by atoms with van der Waals surface area (Å²) in [4.78, 5) is 81.6. The molecule has 1 heterocycles. The van der Waals surface area contributed by atoms with E-state index in [1.54, 1.807) is 12.1 Å². The fourth-order valence-corrected chi connectivity index (χ4v) is 4.72. The zero-order chi connectivity index (χ0) is 32.6. The van der Waals surface area contributed by atoms with Gasteiger partial charge in [-0.3, -0.25) is 33.8 Å². The number of phenolic OH excluding ortho intramolecular Hbond substituents is 1. The number of carbonyl (C=O) groups is 6. The van der Waals surface area contributed by atoms with E-state index in [-0.39, 0.29) is 37.5 Å². The first kappa shape index (κ1) is 35.5. The Kier molecular flexibility index (Phi) is 14.6. The van der Waals surface area contributed by atoms with Crippen molar-refractivity contribution in [3.8, 4) is 5.75 Å². The van der Waals surface area contributed by atoms with Crippen LogP contribution in [-0.4, -0.2) is 82.8 Å². The monoisotopic (exact) mass is 617 g/mol. The van der Waals surface area contributed by atoms with Crippen molar-refractivity contribution in [1.82, 2.24) is 21.3 Å². The summed E-state index contributed by atoms with van der Waals surface area (Å²) in [7, 11) is 0. The summed E-state index contributed by atoms with van der Waals surface area (Å²) in [6, 6.07) is 2.39. The molecule has 0 radical (unpaired) electrons. The van der Waals surface area contributed by atoms with Crippen LogP contribution >= 0.6 is 0 Å². The lowest BCUT2D eigenvalue weighted by atomic mass is 9.90. The zero-order valence-electron chi connectivity index (χ0n) is 24.8. The second-order valence-corrected chi connectivity index (χ2v) is 10.7. The summed E-state index contributed by atoms with van der Waals surface area (Å²) in [5, 5.41) is 29.2. The molecular weight excluding hydrogens is 574 g/mol. The van der Waals surface area contributed by atoms with Gasteiger partial charge in [0.15, 0.2) is 11.7 Å². The van der Waals surface area contributed by atoms with Gasteiger partial charge in [-0.05, 0) is 43.4 Å². The number of phenols is 1. The minimum atomic E-state index is -1.47. The van der Waals surface area contributed by atoms with E-state index >= 15 is 0 Å². The molecule has 1 fully saturated rings. The Morgan fingerprint density at radius 3 is 2.16 bits per heavy atom. The van der Waals surface area contributed by atoms with Gasteiger partial charge in [-0.1, -0.05) is 38.3 Å². The smallest absolute Gasteiger partial charge is 0.305 e. The lowest BCUT2D eigenvalue weighted by Gasteiger charge is -2.25. The van der Waals surface area contributed by atoms with E-state index in [1.165, 1.54) is 12.1 Å². The Bertz CT molecular complexity index is 1200. The maximum Gasteiger partial charge on any atom is 0.305 e. The number of rotatable bonds is 12. The van der Waals surface area contributed by atoms with E-state index in [0.29, 0.717) is 18.4 Å². The number of Topliss-reactive ketones (excluding diaryl/α,β-unsaturated/α-hetero) is 1. The molecule has 0 bridgehead atoms. The molecule has 1 aliphatic heterocycles. The Balaban J connectivity index is 2.45. The lowest BCUT2D eigenvalue weighted by molar-refractivity contribution is -0.140. The number of nitrogens with two attached hydrogens (primary N) is 2. The van der Waals surface area contributed by atoms with E-state index in [2.05, 4.69) is 26.3 Å². The predicted octanol–water partition coefficient (Wildman–Crippen LogP) is -0.797. The highest BCUT2D eigenvalue weighted by atomic mass is 16.4. The average molecular weight is 618 g/mol. The molecule has 1 unspecified atom stereocenters. The minimum Gasteiger partial charge on any atom is -0.508 e. The number of nitrogens with zero attached hydrogens (tertiary/aromatic N) is 1. The molecule has 1 aromatic rings. The number of aliphatic carboxylic acids is 1. The summed E-state index contributed by atoms with van der Waals surface area (Å²) in [6.07, 6.45) is 1.75. The molecule has 4 amide bonds. The van der Waals surface area contributed by atoms with Crippen molar-refractivity contribution < 1.29 is 39.0 Å². The molecule has 0 aromatic heterocycles. The number of carboxylic acid groups (broad SMARTS) is 1. The van der Waals surface area contributed by atoms with Gasteiger partial charge >= 0.3 is 5.97 Å². The first-order valence-electron chi connectivity index (χ1n) is 14.6. The zero-order valence-corrected chi connectivity index (χ0v) is 24.8. The second kappa shape index (κ2) is 18.1. The number of hydrogen-bond acceptors (Lipinski definition) is 8. The first-order chi connectivity index (χ1) is 20.9. The van der Waals surface area contributed by atoms with Gasteiger partial charge < -0.3 is 42.9 Å². The third-order valence-electron chi connectivity index (χ3n) is 7.07. The quantitative estimate of drug-likeness (QED) is 0.0823. The normalized spacial score (nSPS) is 22.0. The van der Waals surface area contributed by atoms with Crippen LogP contribution in [0.3, 0.4) is 0 Å². The molecule has 15 heteroatoms. The van der Waals surface area contributed by atoms with Gasteiger partial charge in [-0.15, -0.1) is 0 Å². The molecule has 242 valence electrons. The SMILES string of the molecule is CCCCCC1NC(=O)[C@@H](Cc2ccc(O)cc2)CC(=O)[C@H](CC(=O)O)NC(=O)CNC(=O)[C@H](CCCN=C(N)N)NC1=O. The van der Waals surface area contributed by atoms with Gasteiger partial charge in [0.25, 0.3) is 0 Å². The number of carbonyl (C=O) groups excluding carboxylic acids is 5. The number of benzene rings is 1. The molecular formula is C29H43N7O8. The minimum absolute atomic E-state index is 0.00394. The Morgan fingerprint density at radius 1 is 0.886 bits per heavy atom. The van der Waals surface area contributed by atoms with Gasteiger partial charge in [0.1, 0.15) is 17.8 Å². The molecule has 1 aromatic carbocycles. The lowest BCUT2D eigenvalue weighted by Crippen LogP contribution is -2.55. The molecule has 0 saturated carbocycles. The Hall–Kier alpha value is -4.69. The van der Waals surface area contributed by atoms with Crippen LogP contribution in [0.15, 0.2) is 29.3 Å². The second-order valence-electron chi connectivity index (χ2n) is 10.7. The van der Waals surface area contributed by atoms with E-state index in [0.717, 1.165) is 12.8 Å². The summed E-state index contributed by atoms with van der Waals surface area (Å²) >= 11 is 0. The third-order valence-corrected chi connectivity index (χ3v) is 7.07. The average Bonchev–Trinajstić information content (AvgIpc) is 2.96. The largest absolute Gasteiger partial charge is 0.508 e. The summed E-state index contributed by atoms with van der Waals surface area (Å²) in [6.45, 7) is 1.57. The molecule has 4 atom stereocenters. The maximum absolute atomic E-state index is 13.7. The molecule has 15 nitrogen and oxygen atoms in total. The number of carboxylic acids is 1. The van der Waals surface area contributed by atoms with Crippen molar-refractivity contribution in [3.63, 3.8) is 0 Å². The molecule has 2 rings (SSSR count). The summed E-state index contributed by atoms with van der Waals surface area (Å²) in [5.74, 6) is -5.99. The molecule has 0 spiro atoms. The predicted molar refractivity (Wildman–Crippen MR) is 160 cm³/mol. The Labute approximate surface area is 255 Å². The highest BCUT2D eigenvalue weighted by Crippen LogP contribution is 2.19. The van der Waals surface area contributed by atoms with Crippen molar-refractivity contribution in [2.75, 3.05) is 13.1 Å². The van der Waals surface area contributed by atoms with Crippen LogP contribution in [0.5, 0.6) is 5.75 Å². The van der Waals surface area contributed by atoms with Gasteiger partial charge in [0, 0.05) is 18.9 Å². The van der Waals surface area contributed by atoms with Crippen LogP contribution in [0.2, 0.25) is 0 Å². The van der Waals surface area contributed by atoms with Crippen LogP contribution in [0.4, 0.5) is 0 Å². The first-order valence-corrected chi connectivity index (χ1v) is 14.6. The van der Waals surface area contributed by atoms with Gasteiger partial charge in [-0.2, -0.15) is 0 Å². The fraction of sp³-hybridized carbons (Fsp3) is 0.552. The van der Waals surface area contributed by atoms with Crippen molar-refractivity contribution in [2.24, 2.45) is 22.4 Å². The van der Waals surface area contributed by atoms with Crippen molar-refractivity contribution >= 4 is 41.3 Å². The Morgan fingerprint density at radius 2 is 1.52 bits per heavy atom. The van der Waals surface area contributed by atoms with Gasteiger partial charge in [0.05, 0.1) is 19.0 Å². The number of hydrogen-bond donors (Lipinski definition) is 8. The van der Waals surface area contributed by atoms with E-state index < -0.39 is 78.8 Å². The summed E-state index contributed by atoms with van der Waals surface area (Å²) < 4.78 is 0. The van der Waals surface area contributed by atoms with Crippen LogP contribution < -0.4 is 32.7 Å².